The lowest BCUT2D eigenvalue weighted by Crippen LogP contribution is -2.44. The fourth-order valence-corrected chi connectivity index (χ4v) is 1.76. The van der Waals surface area contributed by atoms with Crippen LogP contribution in [-0.2, 0) is 4.79 Å². The van der Waals surface area contributed by atoms with Crippen LogP contribution < -0.4 is 4.90 Å². The highest BCUT2D eigenvalue weighted by atomic mass is 16.4. The predicted octanol–water partition coefficient (Wildman–Crippen LogP) is 1.91. The number of nitriles is 1. The number of aliphatic carboxylic acids is 1. The molecule has 0 bridgehead atoms. The Bertz CT molecular complexity index is 519. The summed E-state index contributed by atoms with van der Waals surface area (Å²) in [6.07, 6.45) is 0.681. The second kappa shape index (κ2) is 7.14. The quantitative estimate of drug-likeness (QED) is 0.889. The van der Waals surface area contributed by atoms with Crippen molar-refractivity contribution in [1.29, 1.82) is 5.26 Å². The van der Waals surface area contributed by atoms with Crippen LogP contribution in [-0.4, -0.2) is 42.1 Å². The highest BCUT2D eigenvalue weighted by Crippen LogP contribution is 2.15. The third-order valence-corrected chi connectivity index (χ3v) is 2.76. The van der Waals surface area contributed by atoms with Gasteiger partial charge in [0, 0.05) is 19.3 Å². The average Bonchev–Trinajstić information content (AvgIpc) is 2.45. The number of carbonyl (C=O) groups is 2. The number of hydrogen-bond donors (Lipinski definition) is 1. The molecule has 0 radical (unpaired) electrons. The standard InChI is InChI=1S/C14H17N3O3/c1-3-8-17(10-13(18)19)14(20)16(2)12-6-4-11(9-15)5-7-12/h4-7H,3,8,10H2,1-2H3,(H,18,19). The first-order chi connectivity index (χ1) is 9.49. The van der Waals surface area contributed by atoms with Gasteiger partial charge in [0.25, 0.3) is 0 Å². The molecular weight excluding hydrogens is 258 g/mol. The van der Waals surface area contributed by atoms with Crippen molar-refractivity contribution in [3.63, 3.8) is 0 Å². The highest BCUT2D eigenvalue weighted by molar-refractivity contribution is 5.93. The fraction of sp³-hybridized carbons (Fsp3) is 0.357. The topological polar surface area (TPSA) is 84.6 Å². The molecule has 1 aromatic rings. The second-order valence-electron chi connectivity index (χ2n) is 4.32. The summed E-state index contributed by atoms with van der Waals surface area (Å²) in [4.78, 5) is 25.7. The van der Waals surface area contributed by atoms with Crippen molar-refractivity contribution in [3.8, 4) is 6.07 Å². The van der Waals surface area contributed by atoms with E-state index in [2.05, 4.69) is 0 Å². The molecule has 1 N–H and O–H groups in total. The van der Waals surface area contributed by atoms with Crippen LogP contribution in [0.3, 0.4) is 0 Å². The number of carbonyl (C=O) groups excluding carboxylic acids is 1. The molecule has 0 saturated carbocycles. The van der Waals surface area contributed by atoms with Crippen molar-refractivity contribution in [2.24, 2.45) is 0 Å². The van der Waals surface area contributed by atoms with Crippen LogP contribution in [0, 0.1) is 11.3 Å². The Morgan fingerprint density at radius 2 is 1.90 bits per heavy atom. The first kappa shape index (κ1) is 15.5. The molecule has 1 aromatic carbocycles. The lowest BCUT2D eigenvalue weighted by molar-refractivity contribution is -0.137. The average molecular weight is 275 g/mol. The van der Waals surface area contributed by atoms with E-state index < -0.39 is 5.97 Å². The van der Waals surface area contributed by atoms with E-state index in [0.717, 1.165) is 0 Å². The molecule has 0 spiro atoms. The molecule has 1 rings (SSSR count). The largest absolute Gasteiger partial charge is 0.480 e. The maximum absolute atomic E-state index is 12.2. The van der Waals surface area contributed by atoms with Crippen LogP contribution in [0.1, 0.15) is 18.9 Å². The van der Waals surface area contributed by atoms with Gasteiger partial charge >= 0.3 is 12.0 Å². The molecular formula is C14H17N3O3. The summed E-state index contributed by atoms with van der Waals surface area (Å²) in [6.45, 7) is 1.93. The smallest absolute Gasteiger partial charge is 0.324 e. The minimum absolute atomic E-state index is 0.326. The van der Waals surface area contributed by atoms with Gasteiger partial charge in [0.15, 0.2) is 0 Å². The van der Waals surface area contributed by atoms with Gasteiger partial charge in [-0.3, -0.25) is 9.69 Å². The molecule has 0 aliphatic carbocycles. The minimum Gasteiger partial charge on any atom is -0.480 e. The number of carboxylic acid groups (broad SMARTS) is 1. The SMILES string of the molecule is CCCN(CC(=O)O)C(=O)N(C)c1ccc(C#N)cc1. The van der Waals surface area contributed by atoms with Crippen LogP contribution in [0.2, 0.25) is 0 Å². The Balaban J connectivity index is 2.86. The van der Waals surface area contributed by atoms with Gasteiger partial charge in [0.1, 0.15) is 6.54 Å². The molecule has 0 aliphatic rings. The second-order valence-corrected chi connectivity index (χ2v) is 4.32. The van der Waals surface area contributed by atoms with E-state index in [1.165, 1.54) is 9.80 Å². The zero-order valence-electron chi connectivity index (χ0n) is 11.5. The Labute approximate surface area is 117 Å². The van der Waals surface area contributed by atoms with Crippen LogP contribution in [0.15, 0.2) is 24.3 Å². The number of amides is 2. The van der Waals surface area contributed by atoms with Gasteiger partial charge in [-0.15, -0.1) is 0 Å². The number of carboxylic acids is 1. The van der Waals surface area contributed by atoms with Crippen LogP contribution in [0.25, 0.3) is 0 Å². The van der Waals surface area contributed by atoms with Crippen molar-refractivity contribution in [2.45, 2.75) is 13.3 Å². The van der Waals surface area contributed by atoms with Gasteiger partial charge in [-0.25, -0.2) is 4.79 Å². The molecule has 106 valence electrons. The Hall–Kier alpha value is -2.55. The fourth-order valence-electron chi connectivity index (χ4n) is 1.76. The van der Waals surface area contributed by atoms with Crippen LogP contribution in [0.5, 0.6) is 0 Å². The van der Waals surface area contributed by atoms with Crippen LogP contribution in [0.4, 0.5) is 10.5 Å². The Morgan fingerprint density at radius 3 is 2.35 bits per heavy atom. The van der Waals surface area contributed by atoms with Crippen molar-refractivity contribution >= 4 is 17.7 Å². The van der Waals surface area contributed by atoms with E-state index in [1.807, 2.05) is 13.0 Å². The van der Waals surface area contributed by atoms with Gasteiger partial charge in [-0.2, -0.15) is 5.26 Å². The zero-order valence-corrected chi connectivity index (χ0v) is 11.5. The number of rotatable bonds is 5. The van der Waals surface area contributed by atoms with Crippen LogP contribution >= 0.6 is 0 Å². The molecule has 0 saturated heterocycles. The Morgan fingerprint density at radius 1 is 1.30 bits per heavy atom. The summed E-state index contributed by atoms with van der Waals surface area (Å²) >= 11 is 0. The summed E-state index contributed by atoms with van der Waals surface area (Å²) in [6, 6.07) is 8.16. The number of hydrogen-bond acceptors (Lipinski definition) is 3. The van der Waals surface area contributed by atoms with Gasteiger partial charge in [-0.05, 0) is 30.7 Å². The first-order valence-electron chi connectivity index (χ1n) is 6.24. The minimum atomic E-state index is -1.04. The van der Waals surface area contributed by atoms with E-state index in [1.54, 1.807) is 31.3 Å². The van der Waals surface area contributed by atoms with E-state index in [0.29, 0.717) is 24.2 Å². The molecule has 20 heavy (non-hydrogen) atoms. The number of nitrogens with zero attached hydrogens (tertiary/aromatic N) is 3. The van der Waals surface area contributed by atoms with E-state index >= 15 is 0 Å². The van der Waals surface area contributed by atoms with Crippen molar-refractivity contribution in [2.75, 3.05) is 25.0 Å². The van der Waals surface area contributed by atoms with Gasteiger partial charge in [0.05, 0.1) is 11.6 Å². The number of benzene rings is 1. The van der Waals surface area contributed by atoms with Gasteiger partial charge < -0.3 is 10.0 Å². The summed E-state index contributed by atoms with van der Waals surface area (Å²) < 4.78 is 0. The molecule has 0 fully saturated rings. The van der Waals surface area contributed by atoms with E-state index in [-0.39, 0.29) is 12.6 Å². The Kier molecular flexibility index (Phi) is 5.54. The van der Waals surface area contributed by atoms with Crippen molar-refractivity contribution in [1.82, 2.24) is 4.90 Å². The third-order valence-electron chi connectivity index (χ3n) is 2.76. The lowest BCUT2D eigenvalue weighted by atomic mass is 10.2. The third kappa shape index (κ3) is 3.99. The monoisotopic (exact) mass is 275 g/mol. The van der Waals surface area contributed by atoms with Gasteiger partial charge in [-0.1, -0.05) is 6.92 Å². The van der Waals surface area contributed by atoms with Crippen molar-refractivity contribution < 1.29 is 14.7 Å². The summed E-state index contributed by atoms with van der Waals surface area (Å²) in [5.74, 6) is -1.04. The van der Waals surface area contributed by atoms with Gasteiger partial charge in [0.2, 0.25) is 0 Å². The first-order valence-corrected chi connectivity index (χ1v) is 6.24. The maximum atomic E-state index is 12.2. The molecule has 0 aliphatic heterocycles. The maximum Gasteiger partial charge on any atom is 0.324 e. The van der Waals surface area contributed by atoms with Crippen molar-refractivity contribution in [3.05, 3.63) is 29.8 Å². The molecule has 0 atom stereocenters. The molecule has 6 heteroatoms. The highest BCUT2D eigenvalue weighted by Gasteiger charge is 2.20. The zero-order chi connectivity index (χ0) is 15.1. The van der Waals surface area contributed by atoms with E-state index in [9.17, 15) is 9.59 Å². The lowest BCUT2D eigenvalue weighted by Gasteiger charge is -2.26. The summed E-state index contributed by atoms with van der Waals surface area (Å²) in [7, 11) is 1.58. The number of anilines is 1. The molecule has 0 unspecified atom stereocenters. The molecule has 2 amide bonds. The molecule has 0 heterocycles. The number of urea groups is 1. The molecule has 6 nitrogen and oxygen atoms in total. The normalized spacial score (nSPS) is 9.65. The summed E-state index contributed by atoms with van der Waals surface area (Å²) in [5.41, 5.74) is 1.12. The van der Waals surface area contributed by atoms with E-state index in [4.69, 9.17) is 10.4 Å². The summed E-state index contributed by atoms with van der Waals surface area (Å²) in [5, 5.41) is 17.6. The molecule has 0 aromatic heterocycles. The predicted molar refractivity (Wildman–Crippen MR) is 74.5 cm³/mol.